The van der Waals surface area contributed by atoms with Crippen LogP contribution in [0.25, 0.3) is 0 Å². The first-order valence-electron chi connectivity index (χ1n) is 9.83. The number of benzene rings is 3. The zero-order valence-electron chi connectivity index (χ0n) is 16.7. The molecule has 0 aromatic heterocycles. The van der Waals surface area contributed by atoms with Crippen molar-refractivity contribution in [2.75, 3.05) is 7.11 Å². The van der Waals surface area contributed by atoms with Crippen LogP contribution >= 0.6 is 0 Å². The number of ether oxygens (including phenoxy) is 1. The average Bonchev–Trinajstić information content (AvgIpc) is 2.74. The highest BCUT2D eigenvalue weighted by Gasteiger charge is 2.27. The van der Waals surface area contributed by atoms with Gasteiger partial charge in [-0.25, -0.2) is 0 Å². The lowest BCUT2D eigenvalue weighted by Crippen LogP contribution is -2.26. The zero-order valence-corrected chi connectivity index (χ0v) is 16.7. The van der Waals surface area contributed by atoms with E-state index in [1.165, 1.54) is 23.8 Å². The van der Waals surface area contributed by atoms with E-state index in [4.69, 9.17) is 4.74 Å². The van der Waals surface area contributed by atoms with E-state index in [0.717, 1.165) is 24.8 Å². The molecule has 2 heteroatoms. The third-order valence-electron chi connectivity index (χ3n) is 5.47. The Kier molecular flexibility index (Phi) is 6.65. The zero-order chi connectivity index (χ0) is 19.8. The number of aryl methyl sites for hydroxylation is 1. The topological polar surface area (TPSA) is 26.3 Å². The highest BCUT2D eigenvalue weighted by atomic mass is 16.5. The van der Waals surface area contributed by atoms with E-state index in [0.29, 0.717) is 6.42 Å². The lowest BCUT2D eigenvalue weighted by atomic mass is 9.73. The average molecular weight is 373 g/mol. The standard InChI is InChI=1S/C26H28O2/c1-26(20-23-11-7-4-8-12-23,18-17-21-9-5-3-6-10-21)24-15-13-22(14-16-24)19-25(27)28-2/h3-16H,17-20H2,1-2H3. The molecule has 0 spiro atoms. The maximum absolute atomic E-state index is 11.5. The number of rotatable bonds is 8. The van der Waals surface area contributed by atoms with Gasteiger partial charge in [-0.2, -0.15) is 0 Å². The summed E-state index contributed by atoms with van der Waals surface area (Å²) in [4.78, 5) is 11.5. The molecule has 3 aromatic rings. The second-order valence-corrected chi connectivity index (χ2v) is 7.66. The van der Waals surface area contributed by atoms with Gasteiger partial charge in [0.15, 0.2) is 0 Å². The van der Waals surface area contributed by atoms with Gasteiger partial charge in [0, 0.05) is 0 Å². The third-order valence-corrected chi connectivity index (χ3v) is 5.47. The minimum atomic E-state index is -0.205. The first-order valence-corrected chi connectivity index (χ1v) is 9.83. The fourth-order valence-corrected chi connectivity index (χ4v) is 3.71. The first-order chi connectivity index (χ1) is 13.6. The molecule has 0 aliphatic rings. The van der Waals surface area contributed by atoms with Gasteiger partial charge in [0.2, 0.25) is 0 Å². The summed E-state index contributed by atoms with van der Waals surface area (Å²) in [6.07, 6.45) is 3.39. The highest BCUT2D eigenvalue weighted by molar-refractivity contribution is 5.72. The maximum Gasteiger partial charge on any atom is 0.309 e. The van der Waals surface area contributed by atoms with Crippen LogP contribution in [0.4, 0.5) is 0 Å². The van der Waals surface area contributed by atoms with Crippen LogP contribution in [-0.4, -0.2) is 13.1 Å². The predicted molar refractivity (Wildman–Crippen MR) is 114 cm³/mol. The number of hydrogen-bond donors (Lipinski definition) is 0. The molecule has 1 atom stereocenters. The van der Waals surface area contributed by atoms with Crippen LogP contribution in [0.2, 0.25) is 0 Å². The van der Waals surface area contributed by atoms with Crippen LogP contribution in [0.1, 0.15) is 35.6 Å². The van der Waals surface area contributed by atoms with Crippen LogP contribution in [0.15, 0.2) is 84.9 Å². The molecule has 0 amide bonds. The number of carbonyl (C=O) groups excluding carboxylic acids is 1. The summed E-state index contributed by atoms with van der Waals surface area (Å²) in [6, 6.07) is 29.8. The summed E-state index contributed by atoms with van der Waals surface area (Å²) in [5, 5.41) is 0. The van der Waals surface area contributed by atoms with Gasteiger partial charge >= 0.3 is 5.97 Å². The molecule has 0 radical (unpaired) electrons. The first kappa shape index (κ1) is 19.9. The maximum atomic E-state index is 11.5. The molecular weight excluding hydrogens is 344 g/mol. The summed E-state index contributed by atoms with van der Waals surface area (Å²) in [6.45, 7) is 2.35. The van der Waals surface area contributed by atoms with Gasteiger partial charge < -0.3 is 4.74 Å². The molecule has 28 heavy (non-hydrogen) atoms. The van der Waals surface area contributed by atoms with Crippen molar-refractivity contribution in [3.05, 3.63) is 107 Å². The van der Waals surface area contributed by atoms with E-state index in [-0.39, 0.29) is 11.4 Å². The number of methoxy groups -OCH3 is 1. The summed E-state index contributed by atoms with van der Waals surface area (Å²) in [7, 11) is 1.43. The van der Waals surface area contributed by atoms with Gasteiger partial charge in [-0.3, -0.25) is 4.79 Å². The molecule has 0 saturated carbocycles. The van der Waals surface area contributed by atoms with E-state index in [1.807, 2.05) is 0 Å². The molecular formula is C26H28O2. The molecule has 3 aromatic carbocycles. The van der Waals surface area contributed by atoms with Crippen molar-refractivity contribution in [1.29, 1.82) is 0 Å². The third kappa shape index (κ3) is 5.32. The largest absolute Gasteiger partial charge is 0.469 e. The second kappa shape index (κ2) is 9.36. The summed E-state index contributed by atoms with van der Waals surface area (Å²) in [5.74, 6) is -0.205. The fraction of sp³-hybridized carbons (Fsp3) is 0.269. The van der Waals surface area contributed by atoms with Crippen molar-refractivity contribution >= 4 is 5.97 Å². The lowest BCUT2D eigenvalue weighted by Gasteiger charge is -2.31. The van der Waals surface area contributed by atoms with Crippen molar-refractivity contribution in [2.45, 2.75) is 38.0 Å². The second-order valence-electron chi connectivity index (χ2n) is 7.66. The number of carbonyl (C=O) groups is 1. The van der Waals surface area contributed by atoms with Crippen molar-refractivity contribution in [3.63, 3.8) is 0 Å². The van der Waals surface area contributed by atoms with Crippen molar-refractivity contribution in [1.82, 2.24) is 0 Å². The number of esters is 1. The molecule has 0 bridgehead atoms. The molecule has 0 aliphatic heterocycles. The van der Waals surface area contributed by atoms with Crippen LogP contribution < -0.4 is 0 Å². The molecule has 144 valence electrons. The Balaban J connectivity index is 1.83. The molecule has 0 aliphatic carbocycles. The molecule has 0 N–H and O–H groups in total. The van der Waals surface area contributed by atoms with E-state index in [2.05, 4.69) is 91.9 Å². The molecule has 3 rings (SSSR count). The van der Waals surface area contributed by atoms with E-state index < -0.39 is 0 Å². The SMILES string of the molecule is COC(=O)Cc1ccc(C(C)(CCc2ccccc2)Cc2ccccc2)cc1. The Bertz CT molecular complexity index is 869. The van der Waals surface area contributed by atoms with E-state index in [9.17, 15) is 4.79 Å². The molecule has 0 heterocycles. The minimum Gasteiger partial charge on any atom is -0.469 e. The molecule has 0 fully saturated rings. The fourth-order valence-electron chi connectivity index (χ4n) is 3.71. The van der Waals surface area contributed by atoms with Gasteiger partial charge in [0.05, 0.1) is 13.5 Å². The Hall–Kier alpha value is -2.87. The molecule has 0 saturated heterocycles. The van der Waals surface area contributed by atoms with Crippen LogP contribution in [0.3, 0.4) is 0 Å². The Morgan fingerprint density at radius 3 is 1.93 bits per heavy atom. The van der Waals surface area contributed by atoms with Gasteiger partial charge in [-0.05, 0) is 46.9 Å². The van der Waals surface area contributed by atoms with Gasteiger partial charge in [-0.1, -0.05) is 91.9 Å². The minimum absolute atomic E-state index is 0.0149. The summed E-state index contributed by atoms with van der Waals surface area (Å²) >= 11 is 0. The van der Waals surface area contributed by atoms with E-state index in [1.54, 1.807) is 0 Å². The van der Waals surface area contributed by atoms with Crippen molar-refractivity contribution in [2.24, 2.45) is 0 Å². The molecule has 1 unspecified atom stereocenters. The normalized spacial score (nSPS) is 12.9. The Labute approximate surface area is 168 Å². The van der Waals surface area contributed by atoms with Gasteiger partial charge in [0.1, 0.15) is 0 Å². The quantitative estimate of drug-likeness (QED) is 0.486. The Morgan fingerprint density at radius 2 is 1.36 bits per heavy atom. The highest BCUT2D eigenvalue weighted by Crippen LogP contribution is 2.33. The van der Waals surface area contributed by atoms with Crippen LogP contribution in [-0.2, 0) is 34.2 Å². The van der Waals surface area contributed by atoms with Crippen molar-refractivity contribution < 1.29 is 9.53 Å². The van der Waals surface area contributed by atoms with E-state index >= 15 is 0 Å². The van der Waals surface area contributed by atoms with Gasteiger partial charge in [-0.15, -0.1) is 0 Å². The van der Waals surface area contributed by atoms with Crippen LogP contribution in [0, 0.1) is 0 Å². The monoisotopic (exact) mass is 372 g/mol. The summed E-state index contributed by atoms with van der Waals surface area (Å²) in [5.41, 5.74) is 5.02. The lowest BCUT2D eigenvalue weighted by molar-refractivity contribution is -0.139. The smallest absolute Gasteiger partial charge is 0.309 e. The predicted octanol–water partition coefficient (Wildman–Crippen LogP) is 5.54. The van der Waals surface area contributed by atoms with Gasteiger partial charge in [0.25, 0.3) is 0 Å². The Morgan fingerprint density at radius 1 is 0.786 bits per heavy atom. The molecule has 2 nitrogen and oxygen atoms in total. The summed E-state index contributed by atoms with van der Waals surface area (Å²) < 4.78 is 4.78. The van der Waals surface area contributed by atoms with Crippen LogP contribution in [0.5, 0.6) is 0 Å². The van der Waals surface area contributed by atoms with Crippen molar-refractivity contribution in [3.8, 4) is 0 Å². The number of hydrogen-bond acceptors (Lipinski definition) is 2.